The molecule has 6 nitrogen and oxygen atoms in total. The van der Waals surface area contributed by atoms with E-state index >= 15 is 0 Å². The number of sulfone groups is 1. The summed E-state index contributed by atoms with van der Waals surface area (Å²) in [5.74, 6) is 0. The molecule has 2 N–H and O–H groups in total. The SMILES string of the molecule is C[C@H](/N=C(\C=N/CN)c1ccc(S(C)(=O)=O)cc1)c1nc2ccccc2s1. The van der Waals surface area contributed by atoms with E-state index in [2.05, 4.69) is 9.98 Å². The van der Waals surface area contributed by atoms with Crippen LogP contribution in [-0.2, 0) is 9.84 Å². The maximum Gasteiger partial charge on any atom is 0.175 e. The van der Waals surface area contributed by atoms with Gasteiger partial charge in [-0.25, -0.2) is 13.4 Å². The molecular weight excluding hydrogens is 380 g/mol. The molecule has 27 heavy (non-hydrogen) atoms. The summed E-state index contributed by atoms with van der Waals surface area (Å²) in [6, 6.07) is 14.4. The summed E-state index contributed by atoms with van der Waals surface area (Å²) >= 11 is 1.61. The predicted octanol–water partition coefficient (Wildman–Crippen LogP) is 3.24. The second kappa shape index (κ2) is 8.08. The average molecular weight is 401 g/mol. The van der Waals surface area contributed by atoms with Crippen molar-refractivity contribution < 1.29 is 8.42 Å². The van der Waals surface area contributed by atoms with Gasteiger partial charge in [0.1, 0.15) is 5.01 Å². The molecule has 2 aromatic carbocycles. The van der Waals surface area contributed by atoms with Crippen molar-refractivity contribution in [2.45, 2.75) is 17.9 Å². The Morgan fingerprint density at radius 1 is 1.22 bits per heavy atom. The lowest BCUT2D eigenvalue weighted by molar-refractivity contribution is 0.602. The van der Waals surface area contributed by atoms with Crippen LogP contribution < -0.4 is 5.73 Å². The minimum atomic E-state index is -3.24. The van der Waals surface area contributed by atoms with Crippen molar-refractivity contribution in [2.75, 3.05) is 12.9 Å². The molecule has 3 rings (SSSR count). The van der Waals surface area contributed by atoms with E-state index in [0.29, 0.717) is 5.71 Å². The lowest BCUT2D eigenvalue weighted by atomic mass is 10.1. The fraction of sp³-hybridized carbons (Fsp3) is 0.211. The summed E-state index contributed by atoms with van der Waals surface area (Å²) in [4.78, 5) is 13.8. The van der Waals surface area contributed by atoms with E-state index < -0.39 is 9.84 Å². The smallest absolute Gasteiger partial charge is 0.175 e. The minimum absolute atomic E-state index is 0.149. The number of aromatic nitrogens is 1. The van der Waals surface area contributed by atoms with Crippen LogP contribution >= 0.6 is 11.3 Å². The standard InChI is InChI=1S/C19H20N4O2S2/c1-13(19-23-16-5-3-4-6-18(16)26-19)22-17(11-21-12-20)14-7-9-15(10-8-14)27(2,24)25/h3-11,13H,12,20H2,1-2H3/b21-11-,22-17+/t13-/m0/s1. The van der Waals surface area contributed by atoms with Gasteiger partial charge < -0.3 is 5.73 Å². The third-order valence-corrected chi connectivity index (χ3v) is 6.23. The van der Waals surface area contributed by atoms with Gasteiger partial charge in [0.15, 0.2) is 9.84 Å². The molecule has 1 heterocycles. The summed E-state index contributed by atoms with van der Waals surface area (Å²) in [5.41, 5.74) is 7.84. The number of para-hydroxylation sites is 1. The monoisotopic (exact) mass is 400 g/mol. The number of hydrogen-bond acceptors (Lipinski definition) is 7. The van der Waals surface area contributed by atoms with Crippen molar-refractivity contribution in [2.24, 2.45) is 15.7 Å². The summed E-state index contributed by atoms with van der Waals surface area (Å²) < 4.78 is 24.4. The van der Waals surface area contributed by atoms with Gasteiger partial charge in [0.2, 0.25) is 0 Å². The molecule has 0 radical (unpaired) electrons. The highest BCUT2D eigenvalue weighted by molar-refractivity contribution is 7.90. The fourth-order valence-corrected chi connectivity index (χ4v) is 4.11. The third kappa shape index (κ3) is 4.65. The first-order valence-electron chi connectivity index (χ1n) is 8.32. The van der Waals surface area contributed by atoms with Crippen LogP contribution in [0.4, 0.5) is 0 Å². The lowest BCUT2D eigenvalue weighted by Gasteiger charge is -2.07. The van der Waals surface area contributed by atoms with Gasteiger partial charge in [-0.3, -0.25) is 9.98 Å². The summed E-state index contributed by atoms with van der Waals surface area (Å²) in [5, 5.41) is 0.905. The van der Waals surface area contributed by atoms with Crippen molar-refractivity contribution in [3.63, 3.8) is 0 Å². The highest BCUT2D eigenvalue weighted by Crippen LogP contribution is 2.28. The molecule has 3 aromatic rings. The molecule has 0 spiro atoms. The molecule has 0 fully saturated rings. The molecule has 0 saturated heterocycles. The van der Waals surface area contributed by atoms with E-state index in [4.69, 9.17) is 10.7 Å². The highest BCUT2D eigenvalue weighted by atomic mass is 32.2. The number of rotatable bonds is 6. The number of aliphatic imine (C=N–C) groups is 2. The molecule has 0 aliphatic heterocycles. The van der Waals surface area contributed by atoms with Crippen LogP contribution in [0, 0.1) is 0 Å². The summed E-state index contributed by atoms with van der Waals surface area (Å²) in [6.45, 7) is 2.12. The topological polar surface area (TPSA) is 97.8 Å². The number of nitrogens with two attached hydrogens (primary N) is 1. The Morgan fingerprint density at radius 2 is 1.93 bits per heavy atom. The molecule has 0 amide bonds. The zero-order valence-corrected chi connectivity index (χ0v) is 16.7. The first-order valence-corrected chi connectivity index (χ1v) is 11.0. The van der Waals surface area contributed by atoms with E-state index in [1.165, 1.54) is 6.26 Å². The Morgan fingerprint density at radius 3 is 2.56 bits per heavy atom. The van der Waals surface area contributed by atoms with Crippen LogP contribution in [0.25, 0.3) is 10.2 Å². The molecule has 140 valence electrons. The number of hydrogen-bond donors (Lipinski definition) is 1. The molecule has 8 heteroatoms. The molecule has 0 unspecified atom stereocenters. The highest BCUT2D eigenvalue weighted by Gasteiger charge is 2.13. The lowest BCUT2D eigenvalue weighted by Crippen LogP contribution is -2.08. The van der Waals surface area contributed by atoms with E-state index in [0.717, 1.165) is 20.8 Å². The second-order valence-corrected chi connectivity index (χ2v) is 9.08. The molecule has 1 aromatic heterocycles. The van der Waals surface area contributed by atoms with Gasteiger partial charge in [0.05, 0.1) is 33.5 Å². The van der Waals surface area contributed by atoms with Crippen molar-refractivity contribution in [3.05, 3.63) is 59.1 Å². The van der Waals surface area contributed by atoms with Gasteiger partial charge in [-0.1, -0.05) is 24.3 Å². The van der Waals surface area contributed by atoms with E-state index in [1.807, 2.05) is 31.2 Å². The minimum Gasteiger partial charge on any atom is -0.312 e. The fourth-order valence-electron chi connectivity index (χ4n) is 2.53. The Kier molecular flexibility index (Phi) is 5.79. The molecular formula is C19H20N4O2S2. The number of fused-ring (bicyclic) bond motifs is 1. The summed E-state index contributed by atoms with van der Waals surface area (Å²) in [6.07, 6.45) is 2.79. The maximum absolute atomic E-state index is 11.7. The number of benzene rings is 2. The van der Waals surface area contributed by atoms with Gasteiger partial charge in [-0.05, 0) is 31.2 Å². The van der Waals surface area contributed by atoms with Crippen LogP contribution in [0.5, 0.6) is 0 Å². The number of nitrogens with zero attached hydrogens (tertiary/aromatic N) is 3. The van der Waals surface area contributed by atoms with Crippen molar-refractivity contribution in [1.82, 2.24) is 4.98 Å². The maximum atomic E-state index is 11.7. The first-order chi connectivity index (χ1) is 12.9. The number of thiazole rings is 1. The normalized spacial score (nSPS) is 14.1. The Bertz CT molecular complexity index is 1070. The Hall–Kier alpha value is -2.42. The van der Waals surface area contributed by atoms with Crippen LogP contribution in [0.3, 0.4) is 0 Å². The Balaban J connectivity index is 1.97. The van der Waals surface area contributed by atoms with Crippen LogP contribution in [-0.4, -0.2) is 38.3 Å². The average Bonchev–Trinajstić information content (AvgIpc) is 3.09. The van der Waals surface area contributed by atoms with Gasteiger partial charge >= 0.3 is 0 Å². The van der Waals surface area contributed by atoms with Gasteiger partial charge in [0.25, 0.3) is 0 Å². The predicted molar refractivity (Wildman–Crippen MR) is 112 cm³/mol. The molecule has 0 aliphatic rings. The second-order valence-electron chi connectivity index (χ2n) is 6.00. The van der Waals surface area contributed by atoms with E-state index in [-0.39, 0.29) is 17.6 Å². The Labute approximate surface area is 162 Å². The van der Waals surface area contributed by atoms with Crippen molar-refractivity contribution >= 4 is 43.3 Å². The van der Waals surface area contributed by atoms with Gasteiger partial charge in [-0.2, -0.15) is 0 Å². The van der Waals surface area contributed by atoms with Gasteiger partial charge in [0, 0.05) is 18.0 Å². The quantitative estimate of drug-likeness (QED) is 0.642. The van der Waals surface area contributed by atoms with Crippen LogP contribution in [0.1, 0.15) is 23.5 Å². The molecule has 0 bridgehead atoms. The molecule has 0 aliphatic carbocycles. The zero-order chi connectivity index (χ0) is 19.4. The third-order valence-electron chi connectivity index (χ3n) is 3.90. The van der Waals surface area contributed by atoms with E-state index in [1.54, 1.807) is 41.8 Å². The summed E-state index contributed by atoms with van der Waals surface area (Å²) in [7, 11) is -3.24. The largest absolute Gasteiger partial charge is 0.312 e. The van der Waals surface area contributed by atoms with Gasteiger partial charge in [-0.15, -0.1) is 11.3 Å². The zero-order valence-electron chi connectivity index (χ0n) is 15.0. The molecule has 1 atom stereocenters. The van der Waals surface area contributed by atoms with Crippen LogP contribution in [0.2, 0.25) is 0 Å². The van der Waals surface area contributed by atoms with Crippen molar-refractivity contribution in [3.8, 4) is 0 Å². The van der Waals surface area contributed by atoms with Crippen LogP contribution in [0.15, 0.2) is 63.4 Å². The molecule has 0 saturated carbocycles. The van der Waals surface area contributed by atoms with E-state index in [9.17, 15) is 8.42 Å². The van der Waals surface area contributed by atoms with Crippen molar-refractivity contribution in [1.29, 1.82) is 0 Å². The first kappa shape index (κ1) is 19.3.